The van der Waals surface area contributed by atoms with E-state index in [-0.39, 0.29) is 11.9 Å². The largest absolute Gasteiger partial charge is 0.368 e. The molecule has 2 saturated heterocycles. The maximum absolute atomic E-state index is 12.8. The summed E-state index contributed by atoms with van der Waals surface area (Å²) in [5, 5.41) is 4.14. The minimum absolute atomic E-state index is 0.0665. The van der Waals surface area contributed by atoms with Gasteiger partial charge in [-0.25, -0.2) is 0 Å². The van der Waals surface area contributed by atoms with E-state index < -0.39 is 0 Å². The zero-order valence-electron chi connectivity index (χ0n) is 14.5. The highest BCUT2D eigenvalue weighted by Gasteiger charge is 2.31. The Morgan fingerprint density at radius 2 is 1.79 bits per heavy atom. The van der Waals surface area contributed by atoms with Crippen LogP contribution in [0.5, 0.6) is 0 Å². The third-order valence-corrected chi connectivity index (χ3v) is 5.27. The van der Waals surface area contributed by atoms with Gasteiger partial charge in [-0.2, -0.15) is 0 Å². The van der Waals surface area contributed by atoms with E-state index in [1.807, 2.05) is 29.2 Å². The van der Waals surface area contributed by atoms with Crippen molar-refractivity contribution in [3.05, 3.63) is 29.3 Å². The molecule has 0 radical (unpaired) electrons. The van der Waals surface area contributed by atoms with Gasteiger partial charge >= 0.3 is 0 Å². The van der Waals surface area contributed by atoms with Gasteiger partial charge < -0.3 is 15.1 Å². The van der Waals surface area contributed by atoms with Crippen molar-refractivity contribution >= 4 is 23.2 Å². The van der Waals surface area contributed by atoms with Crippen LogP contribution in [0.15, 0.2) is 24.3 Å². The highest BCUT2D eigenvalue weighted by Crippen LogP contribution is 2.20. The molecule has 132 valence electrons. The molecule has 0 bridgehead atoms. The molecular formula is C18H27ClN4O. The summed E-state index contributed by atoms with van der Waals surface area (Å²) in [5.74, 6) is 0.246. The van der Waals surface area contributed by atoms with Crippen molar-refractivity contribution in [2.24, 2.45) is 0 Å². The normalized spacial score (nSPS) is 22.9. The van der Waals surface area contributed by atoms with Gasteiger partial charge in [-0.3, -0.25) is 9.69 Å². The van der Waals surface area contributed by atoms with Crippen LogP contribution >= 0.6 is 11.6 Å². The fourth-order valence-corrected chi connectivity index (χ4v) is 3.59. The van der Waals surface area contributed by atoms with Gasteiger partial charge in [0.05, 0.1) is 6.04 Å². The van der Waals surface area contributed by atoms with Gasteiger partial charge in [-0.05, 0) is 38.1 Å². The molecule has 5 nitrogen and oxygen atoms in total. The summed E-state index contributed by atoms with van der Waals surface area (Å²) < 4.78 is 0. The van der Waals surface area contributed by atoms with Gasteiger partial charge in [0.15, 0.2) is 0 Å². The Morgan fingerprint density at radius 1 is 1.12 bits per heavy atom. The zero-order valence-corrected chi connectivity index (χ0v) is 15.3. The van der Waals surface area contributed by atoms with Gasteiger partial charge in [-0.1, -0.05) is 11.6 Å². The van der Waals surface area contributed by atoms with Gasteiger partial charge in [0.2, 0.25) is 5.91 Å². The van der Waals surface area contributed by atoms with E-state index in [4.69, 9.17) is 11.6 Å². The second-order valence-corrected chi connectivity index (χ2v) is 7.32. The van der Waals surface area contributed by atoms with E-state index in [1.165, 1.54) is 5.69 Å². The number of anilines is 1. The third kappa shape index (κ3) is 4.02. The van der Waals surface area contributed by atoms with Crippen LogP contribution in [0.1, 0.15) is 13.8 Å². The van der Waals surface area contributed by atoms with E-state index in [1.54, 1.807) is 0 Å². The van der Waals surface area contributed by atoms with Crippen LogP contribution < -0.4 is 10.2 Å². The van der Waals surface area contributed by atoms with Crippen LogP contribution in [0.4, 0.5) is 5.69 Å². The standard InChI is InChI=1S/C18H27ClN4O/c1-14(2)23-8-7-20-17(13-23)18(24)22-11-9-21(10-12-22)16-5-3-15(19)4-6-16/h3-6,14,17,20H,7-13H2,1-2H3. The monoisotopic (exact) mass is 350 g/mol. The van der Waals surface area contributed by atoms with Crippen molar-refractivity contribution in [1.82, 2.24) is 15.1 Å². The molecule has 0 aromatic heterocycles. The van der Waals surface area contributed by atoms with Gasteiger partial charge in [0.25, 0.3) is 0 Å². The highest BCUT2D eigenvalue weighted by molar-refractivity contribution is 6.30. The molecule has 1 N–H and O–H groups in total. The molecule has 2 heterocycles. The summed E-state index contributed by atoms with van der Waals surface area (Å²) in [6.45, 7) is 10.4. The Labute approximate surface area is 149 Å². The highest BCUT2D eigenvalue weighted by atomic mass is 35.5. The van der Waals surface area contributed by atoms with Crippen LogP contribution in [0.2, 0.25) is 5.02 Å². The molecule has 2 aliphatic rings. The number of carbonyl (C=O) groups excluding carboxylic acids is 1. The summed E-state index contributed by atoms with van der Waals surface area (Å²) in [6.07, 6.45) is 0. The lowest BCUT2D eigenvalue weighted by Gasteiger charge is -2.40. The van der Waals surface area contributed by atoms with Crippen molar-refractivity contribution in [3.63, 3.8) is 0 Å². The number of hydrogen-bond acceptors (Lipinski definition) is 4. The third-order valence-electron chi connectivity index (χ3n) is 5.02. The number of rotatable bonds is 3. The van der Waals surface area contributed by atoms with Crippen molar-refractivity contribution in [2.45, 2.75) is 25.9 Å². The number of piperazine rings is 2. The fourth-order valence-electron chi connectivity index (χ4n) is 3.46. The molecule has 24 heavy (non-hydrogen) atoms. The molecule has 1 aromatic rings. The van der Waals surface area contributed by atoms with Crippen molar-refractivity contribution in [1.29, 1.82) is 0 Å². The summed E-state index contributed by atoms with van der Waals surface area (Å²) in [5.41, 5.74) is 1.17. The second kappa shape index (κ2) is 7.72. The average molecular weight is 351 g/mol. The second-order valence-electron chi connectivity index (χ2n) is 6.88. The number of benzene rings is 1. The van der Waals surface area contributed by atoms with Gasteiger partial charge in [0, 0.05) is 62.6 Å². The van der Waals surface area contributed by atoms with Crippen LogP contribution in [-0.2, 0) is 4.79 Å². The summed E-state index contributed by atoms with van der Waals surface area (Å²) in [6, 6.07) is 8.35. The van der Waals surface area contributed by atoms with Crippen LogP contribution in [-0.4, -0.2) is 73.6 Å². The molecule has 0 aliphatic carbocycles. The molecule has 2 fully saturated rings. The van der Waals surface area contributed by atoms with Crippen LogP contribution in [0, 0.1) is 0 Å². The molecule has 6 heteroatoms. The minimum Gasteiger partial charge on any atom is -0.368 e. The zero-order chi connectivity index (χ0) is 17.1. The average Bonchev–Trinajstić information content (AvgIpc) is 2.62. The SMILES string of the molecule is CC(C)N1CCNC(C(=O)N2CCN(c3ccc(Cl)cc3)CC2)C1. The van der Waals surface area contributed by atoms with Crippen molar-refractivity contribution in [3.8, 4) is 0 Å². The lowest BCUT2D eigenvalue weighted by atomic mass is 10.1. The Bertz CT molecular complexity index is 555. The first kappa shape index (κ1) is 17.5. The predicted molar refractivity (Wildman–Crippen MR) is 98.7 cm³/mol. The number of nitrogens with zero attached hydrogens (tertiary/aromatic N) is 3. The number of nitrogens with one attached hydrogen (secondary N) is 1. The van der Waals surface area contributed by atoms with Crippen LogP contribution in [0.25, 0.3) is 0 Å². The first-order chi connectivity index (χ1) is 11.5. The molecule has 1 aromatic carbocycles. The molecule has 0 spiro atoms. The quantitative estimate of drug-likeness (QED) is 0.900. The van der Waals surface area contributed by atoms with E-state index >= 15 is 0 Å². The van der Waals surface area contributed by atoms with Crippen LogP contribution in [0.3, 0.4) is 0 Å². The molecule has 0 saturated carbocycles. The lowest BCUT2D eigenvalue weighted by Crippen LogP contribution is -2.61. The van der Waals surface area contributed by atoms with Crippen molar-refractivity contribution in [2.75, 3.05) is 50.7 Å². The summed E-state index contributed by atoms with van der Waals surface area (Å²) in [7, 11) is 0. The van der Waals surface area contributed by atoms with E-state index in [9.17, 15) is 4.79 Å². The Morgan fingerprint density at radius 3 is 2.42 bits per heavy atom. The Kier molecular flexibility index (Phi) is 5.64. The lowest BCUT2D eigenvalue weighted by molar-refractivity contribution is -0.135. The number of halogens is 1. The van der Waals surface area contributed by atoms with Gasteiger partial charge in [-0.15, -0.1) is 0 Å². The van der Waals surface area contributed by atoms with E-state index in [0.717, 1.165) is 50.8 Å². The number of carbonyl (C=O) groups is 1. The summed E-state index contributed by atoms with van der Waals surface area (Å²) >= 11 is 5.95. The topological polar surface area (TPSA) is 38.8 Å². The molecule has 1 amide bonds. The maximum atomic E-state index is 12.8. The number of amides is 1. The first-order valence-electron chi connectivity index (χ1n) is 8.81. The smallest absolute Gasteiger partial charge is 0.241 e. The van der Waals surface area contributed by atoms with E-state index in [0.29, 0.717) is 6.04 Å². The molecule has 2 aliphatic heterocycles. The van der Waals surface area contributed by atoms with Gasteiger partial charge in [0.1, 0.15) is 0 Å². The minimum atomic E-state index is -0.0665. The predicted octanol–water partition coefficient (Wildman–Crippen LogP) is 1.67. The first-order valence-corrected chi connectivity index (χ1v) is 9.19. The van der Waals surface area contributed by atoms with Crippen molar-refractivity contribution < 1.29 is 4.79 Å². The Balaban J connectivity index is 1.54. The fraction of sp³-hybridized carbons (Fsp3) is 0.611. The molecule has 3 rings (SSSR count). The molecular weight excluding hydrogens is 324 g/mol. The molecule has 1 unspecified atom stereocenters. The summed E-state index contributed by atoms with van der Waals surface area (Å²) in [4.78, 5) is 19.5. The van der Waals surface area contributed by atoms with E-state index in [2.05, 4.69) is 29.0 Å². The maximum Gasteiger partial charge on any atom is 0.241 e. The number of hydrogen-bond donors (Lipinski definition) is 1. The molecule has 1 atom stereocenters. The Hall–Kier alpha value is -1.30.